The van der Waals surface area contributed by atoms with E-state index in [9.17, 15) is 9.18 Å². The van der Waals surface area contributed by atoms with E-state index in [2.05, 4.69) is 15.5 Å². The fraction of sp³-hybridized carbons (Fsp3) is 0.375. The van der Waals surface area contributed by atoms with E-state index in [1.54, 1.807) is 31.3 Å². The monoisotopic (exact) mass is 454 g/mol. The fourth-order valence-electron chi connectivity index (χ4n) is 4.05. The van der Waals surface area contributed by atoms with E-state index in [-0.39, 0.29) is 24.4 Å². The maximum Gasteiger partial charge on any atom is 0.322 e. The molecule has 2 aromatic carbocycles. The van der Waals surface area contributed by atoms with Gasteiger partial charge in [-0.05, 0) is 55.3 Å². The minimum absolute atomic E-state index is 0.0654. The maximum atomic E-state index is 13.2. The number of nitrogens with one attached hydrogen (secondary N) is 1. The van der Waals surface area contributed by atoms with Crippen LogP contribution in [-0.2, 0) is 6.54 Å². The molecule has 1 N–H and O–H groups in total. The van der Waals surface area contributed by atoms with E-state index in [0.29, 0.717) is 34.5 Å². The van der Waals surface area contributed by atoms with E-state index in [1.807, 2.05) is 6.07 Å². The van der Waals surface area contributed by atoms with Gasteiger partial charge in [-0.2, -0.15) is 4.98 Å². The molecule has 1 aliphatic rings. The van der Waals surface area contributed by atoms with Crippen LogP contribution in [0.25, 0.3) is 11.4 Å². The molecule has 4 rings (SSSR count). The highest BCUT2D eigenvalue weighted by molar-refractivity contribution is 5.89. The molecule has 0 atom stereocenters. The molecule has 0 unspecified atom stereocenters. The molecule has 0 radical (unpaired) electrons. The highest BCUT2D eigenvalue weighted by Crippen LogP contribution is 2.31. The lowest BCUT2D eigenvalue weighted by molar-refractivity contribution is 0.151. The standard InChI is InChI=1S/C24H27FN4O4/c1-31-20-13-8-16(14-21(20)32-2)23-27-22(33-28-23)15-29(19-6-4-3-5-7-19)24(30)26-18-11-9-17(25)10-12-18/h8-14,19H,3-7,15H2,1-2H3,(H,26,30). The van der Waals surface area contributed by atoms with Crippen molar-refractivity contribution in [1.82, 2.24) is 15.0 Å². The third-order valence-electron chi connectivity index (χ3n) is 5.79. The van der Waals surface area contributed by atoms with Crippen molar-refractivity contribution >= 4 is 11.7 Å². The smallest absolute Gasteiger partial charge is 0.322 e. The fourth-order valence-corrected chi connectivity index (χ4v) is 4.05. The van der Waals surface area contributed by atoms with Gasteiger partial charge in [0, 0.05) is 17.3 Å². The third-order valence-corrected chi connectivity index (χ3v) is 5.79. The summed E-state index contributed by atoms with van der Waals surface area (Å²) in [5, 5.41) is 6.94. The highest BCUT2D eigenvalue weighted by atomic mass is 19.1. The van der Waals surface area contributed by atoms with E-state index >= 15 is 0 Å². The first-order chi connectivity index (χ1) is 16.1. The summed E-state index contributed by atoms with van der Waals surface area (Å²) in [5.74, 6) is 1.54. The topological polar surface area (TPSA) is 89.7 Å². The van der Waals surface area contributed by atoms with Crippen LogP contribution in [0.5, 0.6) is 11.5 Å². The number of carbonyl (C=O) groups is 1. The van der Waals surface area contributed by atoms with Crippen LogP contribution in [-0.4, -0.2) is 41.3 Å². The Bertz CT molecular complexity index is 1080. The summed E-state index contributed by atoms with van der Waals surface area (Å²) in [4.78, 5) is 19.4. The molecule has 9 heteroatoms. The molecule has 33 heavy (non-hydrogen) atoms. The van der Waals surface area contributed by atoms with E-state index in [1.165, 1.54) is 24.3 Å². The minimum atomic E-state index is -0.356. The normalized spacial score (nSPS) is 14.0. The summed E-state index contributed by atoms with van der Waals surface area (Å²) < 4.78 is 29.3. The van der Waals surface area contributed by atoms with Crippen LogP contribution >= 0.6 is 0 Å². The lowest BCUT2D eigenvalue weighted by atomic mass is 9.94. The number of hydrogen-bond acceptors (Lipinski definition) is 6. The van der Waals surface area contributed by atoms with E-state index in [4.69, 9.17) is 14.0 Å². The molecule has 1 fully saturated rings. The van der Waals surface area contributed by atoms with Gasteiger partial charge in [-0.25, -0.2) is 9.18 Å². The molecule has 1 aliphatic carbocycles. The van der Waals surface area contributed by atoms with Crippen LogP contribution in [0.4, 0.5) is 14.9 Å². The third kappa shape index (κ3) is 5.42. The summed E-state index contributed by atoms with van der Waals surface area (Å²) >= 11 is 0. The Morgan fingerprint density at radius 2 is 1.82 bits per heavy atom. The predicted molar refractivity (Wildman–Crippen MR) is 121 cm³/mol. The quantitative estimate of drug-likeness (QED) is 0.524. The van der Waals surface area contributed by atoms with Gasteiger partial charge in [0.1, 0.15) is 12.4 Å². The predicted octanol–water partition coefficient (Wildman–Crippen LogP) is 5.26. The number of urea groups is 1. The number of hydrogen-bond donors (Lipinski definition) is 1. The molecule has 174 valence electrons. The molecule has 1 saturated carbocycles. The van der Waals surface area contributed by atoms with Gasteiger partial charge in [-0.3, -0.25) is 0 Å². The molecular weight excluding hydrogens is 427 g/mol. The number of anilines is 1. The van der Waals surface area contributed by atoms with Crippen LogP contribution in [0.3, 0.4) is 0 Å². The summed E-state index contributed by atoms with van der Waals surface area (Å²) in [5.41, 5.74) is 1.24. The van der Waals surface area contributed by atoms with E-state index < -0.39 is 0 Å². The zero-order chi connectivity index (χ0) is 23.2. The van der Waals surface area contributed by atoms with Crippen molar-refractivity contribution in [1.29, 1.82) is 0 Å². The van der Waals surface area contributed by atoms with Crippen LogP contribution in [0, 0.1) is 5.82 Å². The zero-order valence-electron chi connectivity index (χ0n) is 18.7. The summed E-state index contributed by atoms with van der Waals surface area (Å²) in [6, 6.07) is 10.8. The number of aromatic nitrogens is 2. The number of ether oxygens (including phenoxy) is 2. The van der Waals surface area contributed by atoms with Gasteiger partial charge in [0.15, 0.2) is 11.5 Å². The highest BCUT2D eigenvalue weighted by Gasteiger charge is 2.28. The molecule has 1 aromatic heterocycles. The van der Waals surface area contributed by atoms with Gasteiger partial charge in [0.05, 0.1) is 14.2 Å². The summed E-state index contributed by atoms with van der Waals surface area (Å²) in [6.45, 7) is 0.179. The molecular formula is C24H27FN4O4. The minimum Gasteiger partial charge on any atom is -0.493 e. The van der Waals surface area contributed by atoms with Crippen LogP contribution in [0.15, 0.2) is 47.0 Å². The van der Waals surface area contributed by atoms with E-state index in [0.717, 1.165) is 32.1 Å². The number of halogens is 1. The second-order valence-corrected chi connectivity index (χ2v) is 7.94. The van der Waals surface area contributed by atoms with Gasteiger partial charge in [-0.15, -0.1) is 0 Å². The zero-order valence-corrected chi connectivity index (χ0v) is 18.7. The Hall–Kier alpha value is -3.62. The Balaban J connectivity index is 1.53. The average Bonchev–Trinajstić information content (AvgIpc) is 3.32. The second-order valence-electron chi connectivity index (χ2n) is 7.94. The SMILES string of the molecule is COc1ccc(-c2noc(CN(C(=O)Nc3ccc(F)cc3)C3CCCCC3)n2)cc1OC. The van der Waals surface area contributed by atoms with Crippen LogP contribution in [0.2, 0.25) is 0 Å². The second kappa shape index (κ2) is 10.3. The van der Waals surface area contributed by atoms with Gasteiger partial charge in [-0.1, -0.05) is 24.4 Å². The molecule has 0 bridgehead atoms. The number of methoxy groups -OCH3 is 2. The van der Waals surface area contributed by atoms with Crippen molar-refractivity contribution in [3.8, 4) is 22.9 Å². The van der Waals surface area contributed by atoms with Gasteiger partial charge in [0.25, 0.3) is 0 Å². The first-order valence-corrected chi connectivity index (χ1v) is 11.0. The lowest BCUT2D eigenvalue weighted by Gasteiger charge is -2.33. The van der Waals surface area contributed by atoms with Crippen molar-refractivity contribution in [2.75, 3.05) is 19.5 Å². The lowest BCUT2D eigenvalue weighted by Crippen LogP contribution is -2.43. The number of amides is 2. The molecule has 3 aromatic rings. The number of benzene rings is 2. The largest absolute Gasteiger partial charge is 0.493 e. The number of carbonyl (C=O) groups excluding carboxylic acids is 1. The summed E-state index contributed by atoms with van der Waals surface area (Å²) in [7, 11) is 3.13. The van der Waals surface area contributed by atoms with Gasteiger partial charge >= 0.3 is 6.03 Å². The Morgan fingerprint density at radius 1 is 1.09 bits per heavy atom. The van der Waals surface area contributed by atoms with Crippen molar-refractivity contribution in [2.24, 2.45) is 0 Å². The molecule has 0 aliphatic heterocycles. The number of rotatable bonds is 7. The van der Waals surface area contributed by atoms with Crippen molar-refractivity contribution < 1.29 is 23.2 Å². The maximum absolute atomic E-state index is 13.2. The Kier molecular flexibility index (Phi) is 7.07. The van der Waals surface area contributed by atoms with Crippen LogP contribution < -0.4 is 14.8 Å². The van der Waals surface area contributed by atoms with Gasteiger partial charge in [0.2, 0.25) is 11.7 Å². The first-order valence-electron chi connectivity index (χ1n) is 11.0. The summed E-state index contributed by atoms with van der Waals surface area (Å²) in [6.07, 6.45) is 5.10. The molecule has 1 heterocycles. The Morgan fingerprint density at radius 3 is 2.52 bits per heavy atom. The van der Waals surface area contributed by atoms with Crippen LogP contribution in [0.1, 0.15) is 38.0 Å². The Labute approximate surface area is 191 Å². The van der Waals surface area contributed by atoms with Crippen molar-refractivity contribution in [3.05, 3.63) is 54.2 Å². The van der Waals surface area contributed by atoms with Crippen molar-refractivity contribution in [3.63, 3.8) is 0 Å². The molecule has 0 spiro atoms. The van der Waals surface area contributed by atoms with Gasteiger partial charge < -0.3 is 24.2 Å². The molecule has 2 amide bonds. The van der Waals surface area contributed by atoms with Crippen molar-refractivity contribution in [2.45, 2.75) is 44.7 Å². The molecule has 0 saturated heterocycles. The number of nitrogens with zero attached hydrogens (tertiary/aromatic N) is 3. The average molecular weight is 455 g/mol. The molecule has 8 nitrogen and oxygen atoms in total. The first kappa shape index (κ1) is 22.6.